The molecule has 0 spiro atoms. The molecule has 102 valence electrons. The summed E-state index contributed by atoms with van der Waals surface area (Å²) in [6.07, 6.45) is 3.09. The Bertz CT molecular complexity index is 622. The molecular weight excluding hydrogens is 252 g/mol. The first-order chi connectivity index (χ1) is 9.67. The summed E-state index contributed by atoms with van der Waals surface area (Å²) in [5.41, 5.74) is 2.27. The van der Waals surface area contributed by atoms with Gasteiger partial charge in [0.05, 0.1) is 17.3 Å². The molecule has 20 heavy (non-hydrogen) atoms. The predicted octanol–water partition coefficient (Wildman–Crippen LogP) is 2.48. The first-order valence-corrected chi connectivity index (χ1v) is 6.47. The van der Waals surface area contributed by atoms with Crippen molar-refractivity contribution in [3.63, 3.8) is 0 Å². The van der Waals surface area contributed by atoms with Gasteiger partial charge in [0, 0.05) is 24.8 Å². The van der Waals surface area contributed by atoms with Gasteiger partial charge >= 0.3 is 0 Å². The van der Waals surface area contributed by atoms with Crippen molar-refractivity contribution < 1.29 is 4.79 Å². The van der Waals surface area contributed by atoms with E-state index in [9.17, 15) is 4.79 Å². The van der Waals surface area contributed by atoms with Crippen molar-refractivity contribution in [2.75, 3.05) is 5.32 Å². The van der Waals surface area contributed by atoms with Gasteiger partial charge in [0.25, 0.3) is 0 Å². The third-order valence-corrected chi connectivity index (χ3v) is 2.86. The summed E-state index contributed by atoms with van der Waals surface area (Å²) >= 11 is 0. The van der Waals surface area contributed by atoms with Gasteiger partial charge in [-0.05, 0) is 43.7 Å². The van der Waals surface area contributed by atoms with Crippen LogP contribution in [0.25, 0.3) is 0 Å². The van der Waals surface area contributed by atoms with Gasteiger partial charge in [-0.2, -0.15) is 10.4 Å². The lowest BCUT2D eigenvalue weighted by atomic mass is 10.2. The van der Waals surface area contributed by atoms with E-state index in [-0.39, 0.29) is 5.91 Å². The molecule has 0 saturated carbocycles. The number of carbonyl (C=O) groups excluding carboxylic acids is 1. The van der Waals surface area contributed by atoms with Crippen LogP contribution in [0.15, 0.2) is 36.5 Å². The molecule has 1 heterocycles. The van der Waals surface area contributed by atoms with Gasteiger partial charge in [0.15, 0.2) is 0 Å². The fourth-order valence-corrected chi connectivity index (χ4v) is 1.84. The summed E-state index contributed by atoms with van der Waals surface area (Å²) in [4.78, 5) is 11.8. The third kappa shape index (κ3) is 3.95. The van der Waals surface area contributed by atoms with E-state index in [4.69, 9.17) is 5.26 Å². The number of hydrogen-bond acceptors (Lipinski definition) is 3. The molecule has 0 atom stereocenters. The maximum absolute atomic E-state index is 11.8. The smallest absolute Gasteiger partial charge is 0.224 e. The number of aryl methyl sites for hydroxylation is 2. The molecule has 1 aromatic carbocycles. The molecule has 0 unspecified atom stereocenters. The minimum atomic E-state index is -0.0291. The van der Waals surface area contributed by atoms with Crippen molar-refractivity contribution in [2.24, 2.45) is 0 Å². The topological polar surface area (TPSA) is 70.7 Å². The molecule has 0 saturated heterocycles. The standard InChI is InChI=1S/C15H16N4O/c1-12-8-10-19(18-12)9-2-3-15(20)17-14-6-4-13(11-16)5-7-14/h4-8,10H,2-3,9H2,1H3,(H,17,20). The number of nitrogens with one attached hydrogen (secondary N) is 1. The Kier molecular flexibility index (Phi) is 4.51. The minimum absolute atomic E-state index is 0.0291. The van der Waals surface area contributed by atoms with Crippen LogP contribution in [0.1, 0.15) is 24.1 Å². The highest BCUT2D eigenvalue weighted by atomic mass is 16.1. The third-order valence-electron chi connectivity index (χ3n) is 2.86. The highest BCUT2D eigenvalue weighted by Gasteiger charge is 2.03. The molecule has 0 radical (unpaired) electrons. The van der Waals surface area contributed by atoms with Crippen molar-refractivity contribution in [2.45, 2.75) is 26.3 Å². The SMILES string of the molecule is Cc1ccn(CCCC(=O)Nc2ccc(C#N)cc2)n1. The van der Waals surface area contributed by atoms with Crippen molar-refractivity contribution in [3.05, 3.63) is 47.8 Å². The van der Waals surface area contributed by atoms with E-state index in [0.29, 0.717) is 17.7 Å². The van der Waals surface area contributed by atoms with Crippen LogP contribution in [0, 0.1) is 18.3 Å². The lowest BCUT2D eigenvalue weighted by Gasteiger charge is -2.05. The van der Waals surface area contributed by atoms with Crippen LogP contribution < -0.4 is 5.32 Å². The Morgan fingerprint density at radius 1 is 1.35 bits per heavy atom. The molecule has 5 nitrogen and oxygen atoms in total. The lowest BCUT2D eigenvalue weighted by molar-refractivity contribution is -0.116. The molecule has 2 rings (SSSR count). The molecule has 0 aliphatic carbocycles. The molecular formula is C15H16N4O. The average molecular weight is 268 g/mol. The van der Waals surface area contributed by atoms with Gasteiger partial charge in [-0.1, -0.05) is 0 Å². The van der Waals surface area contributed by atoms with E-state index in [1.54, 1.807) is 24.3 Å². The highest BCUT2D eigenvalue weighted by Crippen LogP contribution is 2.09. The van der Waals surface area contributed by atoms with Crippen LogP contribution in [0.2, 0.25) is 0 Å². The number of rotatable bonds is 5. The largest absolute Gasteiger partial charge is 0.326 e. The highest BCUT2D eigenvalue weighted by molar-refractivity contribution is 5.90. The lowest BCUT2D eigenvalue weighted by Crippen LogP contribution is -2.12. The Labute approximate surface area is 117 Å². The second-order valence-corrected chi connectivity index (χ2v) is 4.56. The quantitative estimate of drug-likeness (QED) is 0.905. The Balaban J connectivity index is 1.76. The molecule has 0 fully saturated rings. The van der Waals surface area contributed by atoms with Crippen molar-refractivity contribution in [3.8, 4) is 6.07 Å². The molecule has 2 aromatic rings. The van der Waals surface area contributed by atoms with E-state index < -0.39 is 0 Å². The maximum atomic E-state index is 11.8. The Morgan fingerprint density at radius 3 is 2.70 bits per heavy atom. The fourth-order valence-electron chi connectivity index (χ4n) is 1.84. The number of amides is 1. The van der Waals surface area contributed by atoms with Crippen molar-refractivity contribution in [1.82, 2.24) is 9.78 Å². The van der Waals surface area contributed by atoms with Crippen LogP contribution in [0.5, 0.6) is 0 Å². The minimum Gasteiger partial charge on any atom is -0.326 e. The van der Waals surface area contributed by atoms with Crippen LogP contribution in [0.4, 0.5) is 5.69 Å². The van der Waals surface area contributed by atoms with Gasteiger partial charge < -0.3 is 5.32 Å². The Morgan fingerprint density at radius 2 is 2.10 bits per heavy atom. The van der Waals surface area contributed by atoms with Gasteiger partial charge in [-0.25, -0.2) is 0 Å². The van der Waals surface area contributed by atoms with Crippen LogP contribution in [-0.2, 0) is 11.3 Å². The number of aromatic nitrogens is 2. The summed E-state index contributed by atoms with van der Waals surface area (Å²) in [7, 11) is 0. The fraction of sp³-hybridized carbons (Fsp3) is 0.267. The molecule has 0 aliphatic rings. The van der Waals surface area contributed by atoms with Gasteiger partial charge in [-0.3, -0.25) is 9.48 Å². The summed E-state index contributed by atoms with van der Waals surface area (Å²) < 4.78 is 1.84. The van der Waals surface area contributed by atoms with Gasteiger partial charge in [0.1, 0.15) is 0 Å². The van der Waals surface area contributed by atoms with Crippen molar-refractivity contribution in [1.29, 1.82) is 5.26 Å². The second-order valence-electron chi connectivity index (χ2n) is 4.56. The van der Waals surface area contributed by atoms with Crippen LogP contribution in [0.3, 0.4) is 0 Å². The number of benzene rings is 1. The van der Waals surface area contributed by atoms with E-state index >= 15 is 0 Å². The molecule has 1 aromatic heterocycles. The maximum Gasteiger partial charge on any atom is 0.224 e. The first-order valence-electron chi connectivity index (χ1n) is 6.47. The number of carbonyl (C=O) groups is 1. The zero-order valence-corrected chi connectivity index (χ0v) is 11.3. The van der Waals surface area contributed by atoms with Gasteiger partial charge in [0.2, 0.25) is 5.91 Å². The number of nitriles is 1. The summed E-state index contributed by atoms with van der Waals surface area (Å²) in [5, 5.41) is 15.8. The summed E-state index contributed by atoms with van der Waals surface area (Å²) in [5.74, 6) is -0.0291. The zero-order valence-electron chi connectivity index (χ0n) is 11.3. The molecule has 1 amide bonds. The number of hydrogen-bond donors (Lipinski definition) is 1. The second kappa shape index (κ2) is 6.53. The van der Waals surface area contributed by atoms with E-state index in [0.717, 1.165) is 18.7 Å². The predicted molar refractivity (Wildman–Crippen MR) is 76.0 cm³/mol. The monoisotopic (exact) mass is 268 g/mol. The Hall–Kier alpha value is -2.61. The van der Waals surface area contributed by atoms with Crippen LogP contribution >= 0.6 is 0 Å². The summed E-state index contributed by atoms with van der Waals surface area (Å²) in [6.45, 7) is 2.67. The van der Waals surface area contributed by atoms with Crippen LogP contribution in [-0.4, -0.2) is 15.7 Å². The number of anilines is 1. The number of nitrogens with zero attached hydrogens (tertiary/aromatic N) is 3. The average Bonchev–Trinajstić information content (AvgIpc) is 2.85. The first kappa shape index (κ1) is 13.8. The molecule has 0 bridgehead atoms. The van der Waals surface area contributed by atoms with E-state index in [1.807, 2.05) is 29.9 Å². The molecule has 1 N–H and O–H groups in total. The van der Waals surface area contributed by atoms with Crippen molar-refractivity contribution >= 4 is 11.6 Å². The summed E-state index contributed by atoms with van der Waals surface area (Å²) in [6, 6.07) is 10.8. The van der Waals surface area contributed by atoms with Gasteiger partial charge in [-0.15, -0.1) is 0 Å². The normalized spacial score (nSPS) is 10.0. The van der Waals surface area contributed by atoms with E-state index in [1.165, 1.54) is 0 Å². The molecule has 0 aliphatic heterocycles. The van der Waals surface area contributed by atoms with E-state index in [2.05, 4.69) is 10.4 Å². The zero-order chi connectivity index (χ0) is 14.4. The molecule has 5 heteroatoms.